The molecule has 1 rings (SSSR count). The molecule has 0 radical (unpaired) electrons. The predicted molar refractivity (Wildman–Crippen MR) is 46.6 cm³/mol. The maximum Gasteiger partial charge on any atom is 0.207 e. The van der Waals surface area contributed by atoms with Crippen molar-refractivity contribution in [1.82, 2.24) is 0 Å². The van der Waals surface area contributed by atoms with Crippen molar-refractivity contribution in [3.8, 4) is 5.75 Å². The van der Waals surface area contributed by atoms with Crippen LogP contribution in [-0.4, -0.2) is 5.60 Å². The smallest absolute Gasteiger partial charge is 0.207 e. The molecule has 0 unspecified atom stereocenters. The van der Waals surface area contributed by atoms with E-state index in [1.54, 1.807) is 0 Å². The molecule has 0 saturated carbocycles. The molecule has 0 aliphatic rings. The first kappa shape index (κ1) is 12.7. The molecule has 0 fully saturated rings. The van der Waals surface area contributed by atoms with Crippen LogP contribution in [0.15, 0.2) is 0 Å². The van der Waals surface area contributed by atoms with Crippen LogP contribution in [0.25, 0.3) is 0 Å². The summed E-state index contributed by atoms with van der Waals surface area (Å²) >= 11 is 0. The van der Waals surface area contributed by atoms with Gasteiger partial charge in [0.15, 0.2) is 5.75 Å². The molecule has 0 amide bonds. The van der Waals surface area contributed by atoms with E-state index in [0.29, 0.717) is 0 Å². The summed E-state index contributed by atoms with van der Waals surface area (Å²) in [5.74, 6) is -11.4. The van der Waals surface area contributed by atoms with Gasteiger partial charge in [-0.1, -0.05) is 0 Å². The molecular formula is C10H9F5O. The van der Waals surface area contributed by atoms with Gasteiger partial charge in [-0.25, -0.2) is 13.2 Å². The van der Waals surface area contributed by atoms with Crippen molar-refractivity contribution in [1.29, 1.82) is 0 Å². The van der Waals surface area contributed by atoms with E-state index in [9.17, 15) is 22.0 Å². The first-order valence-corrected chi connectivity index (χ1v) is 4.35. The van der Waals surface area contributed by atoms with Crippen LogP contribution in [0.5, 0.6) is 5.75 Å². The summed E-state index contributed by atoms with van der Waals surface area (Å²) in [7, 11) is 0. The first-order valence-electron chi connectivity index (χ1n) is 4.35. The number of benzene rings is 1. The molecular weight excluding hydrogens is 231 g/mol. The average molecular weight is 240 g/mol. The van der Waals surface area contributed by atoms with Crippen molar-refractivity contribution in [3.05, 3.63) is 29.1 Å². The van der Waals surface area contributed by atoms with Crippen molar-refractivity contribution >= 4 is 0 Å². The summed E-state index contributed by atoms with van der Waals surface area (Å²) in [6.45, 7) is 4.27. The Bertz CT molecular complexity index is 393. The molecule has 90 valence electrons. The third-order valence-corrected chi connectivity index (χ3v) is 1.58. The van der Waals surface area contributed by atoms with E-state index in [-0.39, 0.29) is 0 Å². The highest BCUT2D eigenvalue weighted by atomic mass is 19.2. The lowest BCUT2D eigenvalue weighted by atomic mass is 10.2. The molecule has 0 heterocycles. The van der Waals surface area contributed by atoms with Crippen molar-refractivity contribution in [2.75, 3.05) is 0 Å². The maximum atomic E-state index is 13.1. The number of halogens is 5. The van der Waals surface area contributed by atoms with Crippen LogP contribution in [-0.2, 0) is 0 Å². The van der Waals surface area contributed by atoms with E-state index < -0.39 is 40.4 Å². The molecule has 0 saturated heterocycles. The van der Waals surface area contributed by atoms with Gasteiger partial charge < -0.3 is 4.74 Å². The van der Waals surface area contributed by atoms with E-state index in [4.69, 9.17) is 0 Å². The topological polar surface area (TPSA) is 9.23 Å². The number of ether oxygens (including phenoxy) is 1. The average Bonchev–Trinajstić information content (AvgIpc) is 2.17. The second kappa shape index (κ2) is 3.92. The lowest BCUT2D eigenvalue weighted by Gasteiger charge is -2.22. The third-order valence-electron chi connectivity index (χ3n) is 1.58. The number of rotatable bonds is 1. The van der Waals surface area contributed by atoms with E-state index in [2.05, 4.69) is 4.74 Å². The Morgan fingerprint density at radius 3 is 1.31 bits per heavy atom. The molecule has 0 N–H and O–H groups in total. The van der Waals surface area contributed by atoms with Crippen LogP contribution in [0.4, 0.5) is 22.0 Å². The van der Waals surface area contributed by atoms with Gasteiger partial charge in [-0.15, -0.1) is 0 Å². The van der Waals surface area contributed by atoms with E-state index in [1.807, 2.05) is 0 Å². The quantitative estimate of drug-likeness (QED) is 0.414. The lowest BCUT2D eigenvalue weighted by Crippen LogP contribution is -2.25. The lowest BCUT2D eigenvalue weighted by molar-refractivity contribution is 0.113. The van der Waals surface area contributed by atoms with E-state index in [0.717, 1.165) is 0 Å². The van der Waals surface area contributed by atoms with Crippen LogP contribution in [0, 0.1) is 29.1 Å². The monoisotopic (exact) mass is 240 g/mol. The zero-order chi connectivity index (χ0) is 12.7. The Morgan fingerprint density at radius 2 is 1.00 bits per heavy atom. The van der Waals surface area contributed by atoms with E-state index >= 15 is 0 Å². The van der Waals surface area contributed by atoms with Gasteiger partial charge in [0, 0.05) is 0 Å². The third kappa shape index (κ3) is 2.25. The van der Waals surface area contributed by atoms with Crippen LogP contribution in [0.1, 0.15) is 20.8 Å². The molecule has 0 aromatic heterocycles. The largest absolute Gasteiger partial charge is 0.482 e. The normalized spacial score (nSPS) is 11.8. The summed E-state index contributed by atoms with van der Waals surface area (Å²) in [6.07, 6.45) is 0. The molecule has 0 bridgehead atoms. The summed E-state index contributed by atoms with van der Waals surface area (Å²) in [5, 5.41) is 0. The Balaban J connectivity index is 3.40. The fourth-order valence-corrected chi connectivity index (χ4v) is 0.981. The van der Waals surface area contributed by atoms with Gasteiger partial charge in [0.25, 0.3) is 0 Å². The highest BCUT2D eigenvalue weighted by Gasteiger charge is 2.29. The van der Waals surface area contributed by atoms with Gasteiger partial charge in [-0.05, 0) is 20.8 Å². The fraction of sp³-hybridized carbons (Fsp3) is 0.400. The van der Waals surface area contributed by atoms with Gasteiger partial charge in [0.1, 0.15) is 5.60 Å². The van der Waals surface area contributed by atoms with Gasteiger partial charge in [0.2, 0.25) is 29.1 Å². The minimum Gasteiger partial charge on any atom is -0.482 e. The molecule has 6 heteroatoms. The Kier molecular flexibility index (Phi) is 3.12. The van der Waals surface area contributed by atoms with Gasteiger partial charge >= 0.3 is 0 Å². The highest BCUT2D eigenvalue weighted by Crippen LogP contribution is 2.31. The second-order valence-electron chi connectivity index (χ2n) is 4.11. The zero-order valence-electron chi connectivity index (χ0n) is 8.80. The minimum atomic E-state index is -2.20. The van der Waals surface area contributed by atoms with Gasteiger partial charge in [-0.2, -0.15) is 8.78 Å². The van der Waals surface area contributed by atoms with Crippen LogP contribution in [0.3, 0.4) is 0 Å². The minimum absolute atomic E-state index is 1.07. The molecule has 0 spiro atoms. The standard InChI is InChI=1S/C10H9F5O/c1-10(2,3)16-9-7(14)5(12)4(11)6(13)8(9)15/h1-3H3. The molecule has 1 nitrogen and oxygen atoms in total. The van der Waals surface area contributed by atoms with Crippen molar-refractivity contribution in [2.45, 2.75) is 26.4 Å². The summed E-state index contributed by atoms with van der Waals surface area (Å²) in [5.41, 5.74) is -1.07. The summed E-state index contributed by atoms with van der Waals surface area (Å²) in [4.78, 5) is 0. The van der Waals surface area contributed by atoms with E-state index in [1.165, 1.54) is 20.8 Å². The van der Waals surface area contributed by atoms with Crippen molar-refractivity contribution in [3.63, 3.8) is 0 Å². The Morgan fingerprint density at radius 1 is 0.688 bits per heavy atom. The van der Waals surface area contributed by atoms with Crippen LogP contribution >= 0.6 is 0 Å². The van der Waals surface area contributed by atoms with Crippen molar-refractivity contribution < 1.29 is 26.7 Å². The molecule has 16 heavy (non-hydrogen) atoms. The predicted octanol–water partition coefficient (Wildman–Crippen LogP) is 3.56. The SMILES string of the molecule is CC(C)(C)Oc1c(F)c(F)c(F)c(F)c1F. The summed E-state index contributed by atoms with van der Waals surface area (Å²) in [6, 6.07) is 0. The van der Waals surface area contributed by atoms with Crippen LogP contribution in [0.2, 0.25) is 0 Å². The molecule has 1 aromatic rings. The van der Waals surface area contributed by atoms with Crippen LogP contribution < -0.4 is 4.74 Å². The second-order valence-corrected chi connectivity index (χ2v) is 4.11. The molecule has 0 atom stereocenters. The summed E-state index contributed by atoms with van der Waals surface area (Å²) < 4.78 is 69.0. The number of hydrogen-bond donors (Lipinski definition) is 0. The fourth-order valence-electron chi connectivity index (χ4n) is 0.981. The number of hydrogen-bond acceptors (Lipinski definition) is 1. The maximum absolute atomic E-state index is 13.1. The van der Waals surface area contributed by atoms with Crippen molar-refractivity contribution in [2.24, 2.45) is 0 Å². The Hall–Kier alpha value is -1.33. The zero-order valence-corrected chi connectivity index (χ0v) is 8.80. The molecule has 1 aromatic carbocycles. The molecule has 0 aliphatic heterocycles. The highest BCUT2D eigenvalue weighted by molar-refractivity contribution is 5.30. The molecule has 0 aliphatic carbocycles. The Labute approximate surface area is 88.8 Å². The first-order chi connectivity index (χ1) is 7.15. The van der Waals surface area contributed by atoms with Gasteiger partial charge in [0.05, 0.1) is 0 Å². The van der Waals surface area contributed by atoms with Gasteiger partial charge in [-0.3, -0.25) is 0 Å².